The number of hydrogen-bond acceptors (Lipinski definition) is 3. The average Bonchev–Trinajstić information content (AvgIpc) is 3.29. The third-order valence-electron chi connectivity index (χ3n) is 12.8. The molecule has 4 heteroatoms. The number of aryl methyl sites for hydroxylation is 3. The minimum atomic E-state index is 0. The zero-order valence-electron chi connectivity index (χ0n) is 42.3. The topological polar surface area (TPSA) is 69.2 Å². The molecule has 3 nitrogen and oxygen atoms in total. The summed E-state index contributed by atoms with van der Waals surface area (Å²) in [5.41, 5.74) is 2.97. The molecule has 3 aromatic rings. The Kier molecular flexibility index (Phi) is 46.7. The fraction of sp³-hybridized carbons (Fsp3) is 0.700. The van der Waals surface area contributed by atoms with Gasteiger partial charge in [-0.2, -0.15) is 0 Å². The molecule has 0 aromatic heterocycles. The molecule has 0 spiro atoms. The van der Waals surface area contributed by atoms with Crippen LogP contribution in [0, 0.1) is 0 Å². The Labute approximate surface area is 408 Å². The van der Waals surface area contributed by atoms with Crippen LogP contribution in [0.2, 0.25) is 0 Å². The molecule has 0 amide bonds. The number of unbranched alkanes of at least 4 members (excludes halogenated alkanes) is 33. The smallest absolute Gasteiger partial charge is 0.872 e. The van der Waals surface area contributed by atoms with Crippen LogP contribution in [0.25, 0.3) is 0 Å². The van der Waals surface area contributed by atoms with E-state index >= 15 is 0 Å². The maximum absolute atomic E-state index is 11.6. The van der Waals surface area contributed by atoms with Crippen LogP contribution in [-0.4, -0.2) is 17.4 Å². The maximum Gasteiger partial charge on any atom is 3.00 e. The number of hydrogen-bond donors (Lipinski definition) is 0. The Morgan fingerprint density at radius 1 is 0.234 bits per heavy atom. The van der Waals surface area contributed by atoms with Gasteiger partial charge in [0.05, 0.1) is 0 Å². The average molecular weight is 895 g/mol. The first-order chi connectivity index (χ1) is 31.0. The third-order valence-corrected chi connectivity index (χ3v) is 12.8. The molecule has 0 unspecified atom stereocenters. The summed E-state index contributed by atoms with van der Waals surface area (Å²) in [5, 5.41) is 34.7. The van der Waals surface area contributed by atoms with E-state index in [4.69, 9.17) is 0 Å². The molecule has 360 valence electrons. The Morgan fingerprint density at radius 3 is 0.562 bits per heavy atom. The van der Waals surface area contributed by atoms with Gasteiger partial charge in [0.2, 0.25) is 0 Å². The minimum absolute atomic E-state index is 0. The van der Waals surface area contributed by atoms with Crippen molar-refractivity contribution in [1.82, 2.24) is 0 Å². The summed E-state index contributed by atoms with van der Waals surface area (Å²) in [4.78, 5) is 0. The first-order valence-corrected chi connectivity index (χ1v) is 27.3. The molecule has 3 aromatic carbocycles. The molecule has 0 N–H and O–H groups in total. The van der Waals surface area contributed by atoms with Crippen LogP contribution in [0.4, 0.5) is 0 Å². The summed E-state index contributed by atoms with van der Waals surface area (Å²) in [5.74, 6) is 0.627. The predicted molar refractivity (Wildman–Crippen MR) is 278 cm³/mol. The number of rotatable bonds is 39. The van der Waals surface area contributed by atoms with Gasteiger partial charge in [-0.3, -0.25) is 0 Å². The molecule has 0 aliphatic rings. The van der Waals surface area contributed by atoms with E-state index in [0.29, 0.717) is 0 Å². The largest absolute Gasteiger partial charge is 3.00 e. The predicted octanol–water partition coefficient (Wildman–Crippen LogP) is 17.6. The molecule has 3 rings (SSSR count). The second-order valence-electron chi connectivity index (χ2n) is 18.7. The summed E-state index contributed by atoms with van der Waals surface area (Å²) in [6.07, 6.45) is 52.1. The van der Waals surface area contributed by atoms with E-state index in [2.05, 4.69) is 20.8 Å². The Morgan fingerprint density at radius 2 is 0.391 bits per heavy atom. The zero-order valence-corrected chi connectivity index (χ0v) is 43.5. The fourth-order valence-electron chi connectivity index (χ4n) is 8.60. The second kappa shape index (κ2) is 48.5. The van der Waals surface area contributed by atoms with Crippen molar-refractivity contribution in [3.8, 4) is 17.2 Å². The fourth-order valence-corrected chi connectivity index (χ4v) is 8.60. The third kappa shape index (κ3) is 38.8. The summed E-state index contributed by atoms with van der Waals surface area (Å²) in [6, 6.07) is 22.3. The van der Waals surface area contributed by atoms with Crippen molar-refractivity contribution in [1.29, 1.82) is 0 Å². The van der Waals surface area contributed by atoms with Crippen molar-refractivity contribution in [3.05, 3.63) is 89.5 Å². The molecular formula is C60H99AlO3. The van der Waals surface area contributed by atoms with Gasteiger partial charge in [-0.1, -0.05) is 322 Å². The van der Waals surface area contributed by atoms with E-state index in [9.17, 15) is 15.3 Å². The van der Waals surface area contributed by atoms with E-state index in [0.717, 1.165) is 55.2 Å². The molecule has 0 aliphatic heterocycles. The molecule has 0 fully saturated rings. The Bertz CT molecular complexity index is 1210. The molecule has 0 radical (unpaired) electrons. The second-order valence-corrected chi connectivity index (χ2v) is 18.7. The zero-order chi connectivity index (χ0) is 45.5. The van der Waals surface area contributed by atoms with Crippen molar-refractivity contribution in [3.63, 3.8) is 0 Å². The minimum Gasteiger partial charge on any atom is -0.872 e. The molecule has 0 bridgehead atoms. The van der Waals surface area contributed by atoms with Gasteiger partial charge in [0.25, 0.3) is 0 Å². The monoisotopic (exact) mass is 895 g/mol. The van der Waals surface area contributed by atoms with Crippen molar-refractivity contribution in [2.24, 2.45) is 0 Å². The van der Waals surface area contributed by atoms with Gasteiger partial charge in [0.1, 0.15) is 0 Å². The van der Waals surface area contributed by atoms with E-state index in [1.54, 1.807) is 18.2 Å². The van der Waals surface area contributed by atoms with Gasteiger partial charge in [-0.05, 0) is 38.5 Å². The standard InChI is InChI=1S/3C20H34O.Al/c3*1-2-3-4-5-6-7-8-9-10-11-12-13-16-19-17-14-15-18-20(19)21;/h3*14-15,17-18,21H,2-13,16H2,1H3;/q;;;+3/p-3. The maximum atomic E-state index is 11.6. The number of benzene rings is 3. The summed E-state index contributed by atoms with van der Waals surface area (Å²) >= 11 is 0. The van der Waals surface area contributed by atoms with Crippen molar-refractivity contribution in [2.75, 3.05) is 0 Å². The first kappa shape index (κ1) is 61.6. The van der Waals surface area contributed by atoms with Gasteiger partial charge in [-0.25, -0.2) is 0 Å². The van der Waals surface area contributed by atoms with Crippen LogP contribution in [0.5, 0.6) is 17.2 Å². The summed E-state index contributed by atoms with van der Waals surface area (Å²) in [6.45, 7) is 6.82. The van der Waals surface area contributed by atoms with Crippen LogP contribution < -0.4 is 15.3 Å². The summed E-state index contributed by atoms with van der Waals surface area (Å²) < 4.78 is 0. The van der Waals surface area contributed by atoms with Gasteiger partial charge in [0.15, 0.2) is 0 Å². The quantitative estimate of drug-likeness (QED) is 0.0423. The molecule has 0 heterocycles. The van der Waals surface area contributed by atoms with Gasteiger partial charge < -0.3 is 15.3 Å². The van der Waals surface area contributed by atoms with Crippen molar-refractivity contribution >= 4 is 17.4 Å². The van der Waals surface area contributed by atoms with Gasteiger partial charge in [0, 0.05) is 0 Å². The van der Waals surface area contributed by atoms with Crippen LogP contribution in [0.15, 0.2) is 72.8 Å². The van der Waals surface area contributed by atoms with E-state index in [1.807, 2.05) is 54.6 Å². The van der Waals surface area contributed by atoms with E-state index in [1.165, 1.54) is 212 Å². The van der Waals surface area contributed by atoms with Crippen molar-refractivity contribution < 1.29 is 15.3 Å². The van der Waals surface area contributed by atoms with Gasteiger partial charge in [-0.15, -0.1) is 17.2 Å². The van der Waals surface area contributed by atoms with Crippen LogP contribution in [0.1, 0.15) is 269 Å². The normalized spacial score (nSPS) is 10.7. The van der Waals surface area contributed by atoms with Crippen LogP contribution in [-0.2, 0) is 19.3 Å². The Hall–Kier alpha value is -2.41. The molecule has 0 saturated heterocycles. The molecule has 64 heavy (non-hydrogen) atoms. The van der Waals surface area contributed by atoms with Crippen LogP contribution in [0.3, 0.4) is 0 Å². The Balaban J connectivity index is 0.000000923. The van der Waals surface area contributed by atoms with Gasteiger partial charge >= 0.3 is 17.4 Å². The number of para-hydroxylation sites is 3. The van der Waals surface area contributed by atoms with Crippen molar-refractivity contribution in [2.45, 2.75) is 271 Å². The molecular weight excluding hydrogens is 796 g/mol. The van der Waals surface area contributed by atoms with E-state index < -0.39 is 0 Å². The molecule has 0 atom stereocenters. The molecule has 0 saturated carbocycles. The van der Waals surface area contributed by atoms with E-state index in [-0.39, 0.29) is 34.6 Å². The first-order valence-electron chi connectivity index (χ1n) is 27.3. The molecule has 0 aliphatic carbocycles. The van der Waals surface area contributed by atoms with Crippen LogP contribution >= 0.6 is 0 Å². The SMILES string of the molecule is CCCCCCCCCCCCCCc1ccccc1[O-].CCCCCCCCCCCCCCc1ccccc1[O-].CCCCCCCCCCCCCCc1ccccc1[O-].[Al+3]. The summed E-state index contributed by atoms with van der Waals surface area (Å²) in [7, 11) is 0.